The molecule has 0 heterocycles. The smallest absolute Gasteiger partial charge is 0.0279 e. The summed E-state index contributed by atoms with van der Waals surface area (Å²) in [6, 6.07) is 8.92. The monoisotopic (exact) mass is 282 g/mol. The molecule has 1 fully saturated rings. The predicted octanol–water partition coefficient (Wildman–Crippen LogP) is 3.01. The van der Waals surface area contributed by atoms with Crippen LogP contribution < -0.4 is 11.3 Å². The third kappa shape index (κ3) is 3.06. The Bertz CT molecular complexity index is 334. The van der Waals surface area contributed by atoms with Crippen LogP contribution in [0.1, 0.15) is 31.2 Å². The van der Waals surface area contributed by atoms with E-state index in [-0.39, 0.29) is 0 Å². The SMILES string of the molecule is NNC(Cc1cccc(Br)c1)C1CCCC1. The Kier molecular flexibility index (Phi) is 4.38. The summed E-state index contributed by atoms with van der Waals surface area (Å²) in [7, 11) is 0. The molecule has 1 unspecified atom stereocenters. The fraction of sp³-hybridized carbons (Fsp3) is 0.538. The van der Waals surface area contributed by atoms with Crippen molar-refractivity contribution in [2.75, 3.05) is 0 Å². The largest absolute Gasteiger partial charge is 0.271 e. The topological polar surface area (TPSA) is 38.0 Å². The molecule has 1 atom stereocenters. The number of halogens is 1. The van der Waals surface area contributed by atoms with Crippen LogP contribution >= 0.6 is 15.9 Å². The molecule has 3 heteroatoms. The molecule has 1 saturated carbocycles. The number of nitrogens with one attached hydrogen (secondary N) is 1. The summed E-state index contributed by atoms with van der Waals surface area (Å²) in [5.74, 6) is 6.43. The average molecular weight is 283 g/mol. The van der Waals surface area contributed by atoms with Gasteiger partial charge in [0.05, 0.1) is 0 Å². The van der Waals surface area contributed by atoms with Gasteiger partial charge in [0.25, 0.3) is 0 Å². The van der Waals surface area contributed by atoms with Crippen LogP contribution in [0.3, 0.4) is 0 Å². The maximum absolute atomic E-state index is 5.68. The Balaban J connectivity index is 2.00. The first kappa shape index (κ1) is 12.1. The van der Waals surface area contributed by atoms with Crippen molar-refractivity contribution in [2.45, 2.75) is 38.1 Å². The highest BCUT2D eigenvalue weighted by molar-refractivity contribution is 9.10. The second kappa shape index (κ2) is 5.80. The van der Waals surface area contributed by atoms with Crippen LogP contribution in [0.25, 0.3) is 0 Å². The molecule has 1 aliphatic carbocycles. The summed E-state index contributed by atoms with van der Waals surface area (Å²) in [4.78, 5) is 0. The molecule has 88 valence electrons. The molecule has 0 saturated heterocycles. The summed E-state index contributed by atoms with van der Waals surface area (Å²) in [5, 5.41) is 0. The van der Waals surface area contributed by atoms with E-state index in [2.05, 4.69) is 45.6 Å². The van der Waals surface area contributed by atoms with E-state index in [1.807, 2.05) is 0 Å². The van der Waals surface area contributed by atoms with E-state index in [0.29, 0.717) is 6.04 Å². The molecule has 2 rings (SSSR count). The van der Waals surface area contributed by atoms with E-state index in [1.165, 1.54) is 31.2 Å². The van der Waals surface area contributed by atoms with E-state index in [1.54, 1.807) is 0 Å². The minimum atomic E-state index is 0.428. The molecule has 0 aromatic heterocycles. The van der Waals surface area contributed by atoms with E-state index >= 15 is 0 Å². The van der Waals surface area contributed by atoms with Crippen LogP contribution in [0, 0.1) is 5.92 Å². The van der Waals surface area contributed by atoms with E-state index in [4.69, 9.17) is 5.84 Å². The van der Waals surface area contributed by atoms with Crippen LogP contribution in [0.4, 0.5) is 0 Å². The molecule has 2 nitrogen and oxygen atoms in total. The minimum absolute atomic E-state index is 0.428. The number of hydrogen-bond donors (Lipinski definition) is 2. The van der Waals surface area contributed by atoms with E-state index in [9.17, 15) is 0 Å². The second-order valence-electron chi connectivity index (χ2n) is 4.65. The average Bonchev–Trinajstić information content (AvgIpc) is 2.79. The molecule has 0 spiro atoms. The molecule has 16 heavy (non-hydrogen) atoms. The van der Waals surface area contributed by atoms with Crippen LogP contribution in [0.15, 0.2) is 28.7 Å². The summed E-state index contributed by atoms with van der Waals surface area (Å²) in [5.41, 5.74) is 4.35. The zero-order chi connectivity index (χ0) is 11.4. The second-order valence-corrected chi connectivity index (χ2v) is 5.57. The van der Waals surface area contributed by atoms with Crippen LogP contribution in [0.5, 0.6) is 0 Å². The molecule has 3 N–H and O–H groups in total. The molecular formula is C13H19BrN2. The standard InChI is InChI=1S/C13H19BrN2/c14-12-7-3-4-10(8-12)9-13(16-15)11-5-1-2-6-11/h3-4,7-8,11,13,16H,1-2,5-6,9,15H2. The fourth-order valence-corrected chi connectivity index (χ4v) is 3.09. The Morgan fingerprint density at radius 1 is 1.38 bits per heavy atom. The number of hydrogen-bond acceptors (Lipinski definition) is 2. The number of nitrogens with two attached hydrogens (primary N) is 1. The molecule has 1 aliphatic rings. The van der Waals surface area contributed by atoms with Gasteiger partial charge in [-0.3, -0.25) is 11.3 Å². The first-order valence-electron chi connectivity index (χ1n) is 6.00. The van der Waals surface area contributed by atoms with Crippen molar-refractivity contribution in [2.24, 2.45) is 11.8 Å². The van der Waals surface area contributed by atoms with Crippen molar-refractivity contribution in [3.8, 4) is 0 Å². The van der Waals surface area contributed by atoms with Gasteiger partial charge in [0.15, 0.2) is 0 Å². The van der Waals surface area contributed by atoms with Crippen LogP contribution in [0.2, 0.25) is 0 Å². The maximum Gasteiger partial charge on any atom is 0.0279 e. The van der Waals surface area contributed by atoms with Gasteiger partial charge in [-0.15, -0.1) is 0 Å². The van der Waals surface area contributed by atoms with Gasteiger partial charge in [-0.1, -0.05) is 40.9 Å². The number of hydrazine groups is 1. The third-order valence-electron chi connectivity index (χ3n) is 3.53. The van der Waals surface area contributed by atoms with Gasteiger partial charge in [0.1, 0.15) is 0 Å². The Hall–Kier alpha value is -0.380. The van der Waals surface area contributed by atoms with Crippen molar-refractivity contribution >= 4 is 15.9 Å². The third-order valence-corrected chi connectivity index (χ3v) is 4.02. The van der Waals surface area contributed by atoms with Gasteiger partial charge in [0.2, 0.25) is 0 Å². The molecule has 0 bridgehead atoms. The lowest BCUT2D eigenvalue weighted by Gasteiger charge is -2.22. The highest BCUT2D eigenvalue weighted by atomic mass is 79.9. The molecule has 1 aromatic rings. The fourth-order valence-electron chi connectivity index (χ4n) is 2.64. The van der Waals surface area contributed by atoms with Gasteiger partial charge in [0, 0.05) is 10.5 Å². The van der Waals surface area contributed by atoms with Gasteiger partial charge < -0.3 is 0 Å². The van der Waals surface area contributed by atoms with Gasteiger partial charge >= 0.3 is 0 Å². The van der Waals surface area contributed by atoms with Crippen molar-refractivity contribution in [1.29, 1.82) is 0 Å². The number of rotatable bonds is 4. The molecule has 0 aliphatic heterocycles. The summed E-state index contributed by atoms with van der Waals surface area (Å²) in [6.07, 6.45) is 6.40. The summed E-state index contributed by atoms with van der Waals surface area (Å²) < 4.78 is 1.15. The normalized spacial score (nSPS) is 18.9. The predicted molar refractivity (Wildman–Crippen MR) is 70.9 cm³/mol. The number of benzene rings is 1. The van der Waals surface area contributed by atoms with Gasteiger partial charge in [-0.2, -0.15) is 0 Å². The van der Waals surface area contributed by atoms with Crippen molar-refractivity contribution in [3.05, 3.63) is 34.3 Å². The summed E-state index contributed by atoms with van der Waals surface area (Å²) >= 11 is 3.51. The zero-order valence-corrected chi connectivity index (χ0v) is 11.0. The maximum atomic E-state index is 5.68. The first-order chi connectivity index (χ1) is 7.79. The quantitative estimate of drug-likeness (QED) is 0.658. The van der Waals surface area contributed by atoms with Crippen molar-refractivity contribution in [1.82, 2.24) is 5.43 Å². The lowest BCUT2D eigenvalue weighted by molar-refractivity contribution is 0.361. The molecule has 0 amide bonds. The van der Waals surface area contributed by atoms with E-state index < -0.39 is 0 Å². The highest BCUT2D eigenvalue weighted by Gasteiger charge is 2.24. The van der Waals surface area contributed by atoms with Gasteiger partial charge in [-0.25, -0.2) is 0 Å². The molecular weight excluding hydrogens is 264 g/mol. The van der Waals surface area contributed by atoms with Crippen molar-refractivity contribution < 1.29 is 0 Å². The van der Waals surface area contributed by atoms with Crippen LogP contribution in [-0.4, -0.2) is 6.04 Å². The Morgan fingerprint density at radius 3 is 2.75 bits per heavy atom. The van der Waals surface area contributed by atoms with E-state index in [0.717, 1.165) is 16.8 Å². The zero-order valence-electron chi connectivity index (χ0n) is 9.45. The van der Waals surface area contributed by atoms with Gasteiger partial charge in [-0.05, 0) is 42.9 Å². The first-order valence-corrected chi connectivity index (χ1v) is 6.79. The minimum Gasteiger partial charge on any atom is -0.271 e. The molecule has 1 aromatic carbocycles. The van der Waals surface area contributed by atoms with Crippen molar-refractivity contribution in [3.63, 3.8) is 0 Å². The molecule has 0 radical (unpaired) electrons. The Morgan fingerprint density at radius 2 is 2.12 bits per heavy atom. The highest BCUT2D eigenvalue weighted by Crippen LogP contribution is 2.29. The lowest BCUT2D eigenvalue weighted by Crippen LogP contribution is -2.41. The summed E-state index contributed by atoms with van der Waals surface area (Å²) in [6.45, 7) is 0. The Labute approximate surface area is 106 Å². The lowest BCUT2D eigenvalue weighted by atomic mass is 9.93. The van der Waals surface area contributed by atoms with Crippen LogP contribution in [-0.2, 0) is 6.42 Å².